The van der Waals surface area contributed by atoms with Crippen molar-refractivity contribution in [2.75, 3.05) is 6.61 Å². The average molecular weight is 404 g/mol. The van der Waals surface area contributed by atoms with Gasteiger partial charge in [0.2, 0.25) is 0 Å². The summed E-state index contributed by atoms with van der Waals surface area (Å²) >= 11 is 9.44. The van der Waals surface area contributed by atoms with Gasteiger partial charge in [-0.15, -0.1) is 0 Å². The fraction of sp³-hybridized carbons (Fsp3) is 0.529. The Balaban J connectivity index is 1.99. The Morgan fingerprint density at radius 1 is 1.35 bits per heavy atom. The number of benzene rings is 1. The van der Waals surface area contributed by atoms with Crippen molar-refractivity contribution >= 4 is 39.5 Å². The summed E-state index contributed by atoms with van der Waals surface area (Å²) < 4.78 is 11.4. The van der Waals surface area contributed by atoms with Crippen molar-refractivity contribution < 1.29 is 19.1 Å². The minimum Gasteiger partial charge on any atom is -0.466 e. The van der Waals surface area contributed by atoms with E-state index in [2.05, 4.69) is 15.9 Å². The van der Waals surface area contributed by atoms with Crippen LogP contribution in [0.5, 0.6) is 0 Å². The second-order valence-corrected chi connectivity index (χ2v) is 6.95. The molecule has 0 saturated heterocycles. The van der Waals surface area contributed by atoms with Crippen molar-refractivity contribution in [2.45, 2.75) is 45.6 Å². The number of halogens is 2. The number of hydrogen-bond donors (Lipinski definition) is 0. The molecule has 126 valence electrons. The maximum atomic E-state index is 12.2. The lowest BCUT2D eigenvalue weighted by atomic mass is 10.0. The molecule has 6 heteroatoms. The van der Waals surface area contributed by atoms with Crippen LogP contribution in [0.3, 0.4) is 0 Å². The fourth-order valence-corrected chi connectivity index (χ4v) is 3.47. The van der Waals surface area contributed by atoms with Crippen LogP contribution < -0.4 is 0 Å². The quantitative estimate of drug-likeness (QED) is 0.690. The van der Waals surface area contributed by atoms with Crippen LogP contribution in [0.1, 0.15) is 37.3 Å². The van der Waals surface area contributed by atoms with Gasteiger partial charge in [0, 0.05) is 4.47 Å². The van der Waals surface area contributed by atoms with Gasteiger partial charge in [0.25, 0.3) is 0 Å². The highest BCUT2D eigenvalue weighted by molar-refractivity contribution is 9.10. The van der Waals surface area contributed by atoms with Gasteiger partial charge in [-0.1, -0.05) is 11.6 Å². The summed E-state index contributed by atoms with van der Waals surface area (Å²) in [5, 5.41) is 0.559. The van der Waals surface area contributed by atoms with E-state index in [-0.39, 0.29) is 30.4 Å². The number of aryl methyl sites for hydroxylation is 1. The van der Waals surface area contributed by atoms with E-state index >= 15 is 0 Å². The zero-order valence-electron chi connectivity index (χ0n) is 13.2. The van der Waals surface area contributed by atoms with E-state index in [1.165, 1.54) is 0 Å². The summed E-state index contributed by atoms with van der Waals surface area (Å²) in [4.78, 5) is 24.1. The monoisotopic (exact) mass is 402 g/mol. The first-order valence-electron chi connectivity index (χ1n) is 7.73. The molecular weight excluding hydrogens is 384 g/mol. The molecule has 23 heavy (non-hydrogen) atoms. The molecule has 1 aliphatic carbocycles. The van der Waals surface area contributed by atoms with Gasteiger partial charge in [-0.3, -0.25) is 9.59 Å². The third kappa shape index (κ3) is 4.70. The number of carbonyl (C=O) groups is 2. The van der Waals surface area contributed by atoms with Crippen molar-refractivity contribution in [1.82, 2.24) is 0 Å². The number of hydrogen-bond acceptors (Lipinski definition) is 4. The Kier molecular flexibility index (Phi) is 6.48. The predicted octanol–water partition coefficient (Wildman–Crippen LogP) is 4.23. The Hall–Kier alpha value is -1.07. The molecule has 4 nitrogen and oxygen atoms in total. The van der Waals surface area contributed by atoms with E-state index in [4.69, 9.17) is 21.1 Å². The van der Waals surface area contributed by atoms with E-state index in [9.17, 15) is 9.59 Å². The zero-order valence-corrected chi connectivity index (χ0v) is 15.6. The predicted molar refractivity (Wildman–Crippen MR) is 91.4 cm³/mol. The minimum atomic E-state index is -0.382. The van der Waals surface area contributed by atoms with Crippen molar-refractivity contribution in [1.29, 1.82) is 0 Å². The average Bonchev–Trinajstić information content (AvgIpc) is 2.93. The van der Waals surface area contributed by atoms with Crippen LogP contribution in [0.25, 0.3) is 0 Å². The summed E-state index contributed by atoms with van der Waals surface area (Å²) in [6.45, 7) is 4.03. The number of rotatable bonds is 5. The van der Waals surface area contributed by atoms with Crippen LogP contribution in [-0.2, 0) is 25.5 Å². The molecule has 0 aliphatic heterocycles. The van der Waals surface area contributed by atoms with E-state index in [0.717, 1.165) is 22.0 Å². The zero-order chi connectivity index (χ0) is 17.0. The van der Waals surface area contributed by atoms with Gasteiger partial charge in [-0.05, 0) is 72.3 Å². The van der Waals surface area contributed by atoms with E-state index < -0.39 is 0 Å². The first-order chi connectivity index (χ1) is 10.9. The molecule has 0 heterocycles. The fourth-order valence-electron chi connectivity index (χ4n) is 2.83. The van der Waals surface area contributed by atoms with Gasteiger partial charge in [0.05, 0.1) is 24.0 Å². The summed E-state index contributed by atoms with van der Waals surface area (Å²) in [5.74, 6) is -0.952. The molecule has 0 aromatic heterocycles. The lowest BCUT2D eigenvalue weighted by Gasteiger charge is -2.19. The van der Waals surface area contributed by atoms with Crippen LogP contribution in [0.15, 0.2) is 16.6 Å². The van der Waals surface area contributed by atoms with Crippen molar-refractivity contribution in [3.8, 4) is 0 Å². The number of carbonyl (C=O) groups excluding carboxylic acids is 2. The van der Waals surface area contributed by atoms with Crippen LogP contribution in [0.4, 0.5) is 0 Å². The van der Waals surface area contributed by atoms with Gasteiger partial charge < -0.3 is 9.47 Å². The molecule has 0 N–H and O–H groups in total. The molecule has 1 fully saturated rings. The summed E-state index contributed by atoms with van der Waals surface area (Å²) in [5.41, 5.74) is 1.79. The van der Waals surface area contributed by atoms with E-state index in [1.807, 2.05) is 13.0 Å². The van der Waals surface area contributed by atoms with Crippen molar-refractivity contribution in [2.24, 2.45) is 5.92 Å². The number of ether oxygens (including phenoxy) is 2. The molecule has 1 saturated carbocycles. The molecule has 2 unspecified atom stereocenters. The highest BCUT2D eigenvalue weighted by Crippen LogP contribution is 2.30. The van der Waals surface area contributed by atoms with Crippen LogP contribution in [-0.4, -0.2) is 24.6 Å². The molecule has 0 amide bonds. The third-order valence-electron chi connectivity index (χ3n) is 4.04. The molecule has 2 rings (SSSR count). The van der Waals surface area contributed by atoms with Gasteiger partial charge >= 0.3 is 11.9 Å². The highest BCUT2D eigenvalue weighted by Gasteiger charge is 2.36. The molecular formula is C17H20BrClO4. The van der Waals surface area contributed by atoms with Gasteiger partial charge in [-0.25, -0.2) is 0 Å². The van der Waals surface area contributed by atoms with Crippen LogP contribution in [0, 0.1) is 12.8 Å². The number of esters is 2. The summed E-state index contributed by atoms with van der Waals surface area (Å²) in [6.07, 6.45) is 2.04. The molecule has 2 atom stereocenters. The van der Waals surface area contributed by atoms with Gasteiger partial charge in [0.1, 0.15) is 6.10 Å². The lowest BCUT2D eigenvalue weighted by molar-refractivity contribution is -0.159. The normalized spacial score (nSPS) is 20.3. The smallest absolute Gasteiger partial charge is 0.312 e. The van der Waals surface area contributed by atoms with E-state index in [0.29, 0.717) is 24.5 Å². The lowest BCUT2D eigenvalue weighted by Crippen LogP contribution is -2.30. The first kappa shape index (κ1) is 18.3. The second-order valence-electron chi connectivity index (χ2n) is 5.69. The Bertz CT molecular complexity index is 603. The van der Waals surface area contributed by atoms with Crippen molar-refractivity contribution in [3.05, 3.63) is 32.8 Å². The Labute approximate surface area is 149 Å². The maximum absolute atomic E-state index is 12.2. The van der Waals surface area contributed by atoms with Crippen LogP contribution >= 0.6 is 27.5 Å². The van der Waals surface area contributed by atoms with Gasteiger partial charge in [-0.2, -0.15) is 0 Å². The Morgan fingerprint density at radius 3 is 2.78 bits per heavy atom. The van der Waals surface area contributed by atoms with Crippen molar-refractivity contribution in [3.63, 3.8) is 0 Å². The topological polar surface area (TPSA) is 52.6 Å². The third-order valence-corrected chi connectivity index (χ3v) is 5.24. The molecule has 1 aromatic carbocycles. The molecule has 0 bridgehead atoms. The minimum absolute atomic E-state index is 0.144. The standard InChI is InChI=1S/C17H20BrClO4/c1-3-22-17(21)12-5-4-6-15(12)23-16(20)9-11-8-14(19)13(18)7-10(11)2/h7-8,12,15H,3-6,9H2,1-2H3. The molecule has 1 aromatic rings. The molecule has 0 spiro atoms. The summed E-state index contributed by atoms with van der Waals surface area (Å²) in [6, 6.07) is 3.64. The summed E-state index contributed by atoms with van der Waals surface area (Å²) in [7, 11) is 0. The maximum Gasteiger partial charge on any atom is 0.312 e. The molecule has 0 radical (unpaired) electrons. The van der Waals surface area contributed by atoms with Crippen LogP contribution in [0.2, 0.25) is 5.02 Å². The van der Waals surface area contributed by atoms with Gasteiger partial charge in [0.15, 0.2) is 0 Å². The van der Waals surface area contributed by atoms with E-state index in [1.54, 1.807) is 13.0 Å². The SMILES string of the molecule is CCOC(=O)C1CCCC1OC(=O)Cc1cc(Cl)c(Br)cc1C. The highest BCUT2D eigenvalue weighted by atomic mass is 79.9. The Morgan fingerprint density at radius 2 is 2.09 bits per heavy atom. The first-order valence-corrected chi connectivity index (χ1v) is 8.90. The second kappa shape index (κ2) is 8.15. The largest absolute Gasteiger partial charge is 0.466 e. The molecule has 1 aliphatic rings.